The summed E-state index contributed by atoms with van der Waals surface area (Å²) in [5.41, 5.74) is 0.821. The molecule has 0 unspecified atom stereocenters. The molecule has 4 nitrogen and oxygen atoms in total. The maximum atomic E-state index is 13.2. The second kappa shape index (κ2) is 3.43. The summed E-state index contributed by atoms with van der Waals surface area (Å²) in [7, 11) is 0. The fourth-order valence-electron chi connectivity index (χ4n) is 1.94. The molecule has 1 aliphatic carbocycles. The van der Waals surface area contributed by atoms with E-state index >= 15 is 0 Å². The number of hydrogen-bond acceptors (Lipinski definition) is 2. The molecular formula is C11H8ClFN2O2. The topological polar surface area (TPSA) is 54.6 Å². The van der Waals surface area contributed by atoms with Crippen LogP contribution >= 0.6 is 11.6 Å². The Morgan fingerprint density at radius 2 is 2.29 bits per heavy atom. The van der Waals surface area contributed by atoms with Gasteiger partial charge in [-0.3, -0.25) is 4.40 Å². The van der Waals surface area contributed by atoms with Crippen molar-refractivity contribution >= 4 is 23.2 Å². The minimum atomic E-state index is -1.11. The number of imidazole rings is 1. The van der Waals surface area contributed by atoms with Gasteiger partial charge in [-0.1, -0.05) is 11.6 Å². The number of nitrogens with zero attached hydrogens (tertiary/aromatic N) is 2. The summed E-state index contributed by atoms with van der Waals surface area (Å²) < 4.78 is 14.5. The van der Waals surface area contributed by atoms with Gasteiger partial charge >= 0.3 is 5.97 Å². The highest BCUT2D eigenvalue weighted by Crippen LogP contribution is 2.41. The predicted octanol–water partition coefficient (Wildman–Crippen LogP) is 2.70. The standard InChI is InChI=1S/C11H8ClFN2O2/c12-7-3-6(13)4-15-9(11(16)17)8(5-1-2-5)14-10(7)15/h3-5H,1-2H2,(H,16,17). The van der Waals surface area contributed by atoms with Crippen LogP contribution in [-0.2, 0) is 0 Å². The molecule has 88 valence electrons. The lowest BCUT2D eigenvalue weighted by molar-refractivity contribution is 0.0688. The first kappa shape index (κ1) is 10.5. The fraction of sp³-hybridized carbons (Fsp3) is 0.273. The molecule has 0 amide bonds. The molecule has 1 saturated carbocycles. The van der Waals surface area contributed by atoms with E-state index in [-0.39, 0.29) is 16.6 Å². The molecule has 0 spiro atoms. The number of carbonyl (C=O) groups is 1. The van der Waals surface area contributed by atoms with Gasteiger partial charge < -0.3 is 5.11 Å². The number of carboxylic acids is 1. The molecule has 1 N–H and O–H groups in total. The van der Waals surface area contributed by atoms with Gasteiger partial charge in [-0.05, 0) is 18.9 Å². The van der Waals surface area contributed by atoms with E-state index in [4.69, 9.17) is 11.6 Å². The highest BCUT2D eigenvalue weighted by atomic mass is 35.5. The Hall–Kier alpha value is -1.62. The van der Waals surface area contributed by atoms with Crippen LogP contribution in [0.3, 0.4) is 0 Å². The third-order valence-electron chi connectivity index (χ3n) is 2.84. The number of aromatic nitrogens is 2. The number of rotatable bonds is 2. The summed E-state index contributed by atoms with van der Waals surface area (Å²) in [5.74, 6) is -1.52. The molecule has 0 aliphatic heterocycles. The first-order valence-corrected chi connectivity index (χ1v) is 5.56. The Balaban J connectivity index is 2.38. The zero-order valence-electron chi connectivity index (χ0n) is 8.65. The van der Waals surface area contributed by atoms with E-state index in [1.807, 2.05) is 0 Å². The lowest BCUT2D eigenvalue weighted by Crippen LogP contribution is -2.05. The van der Waals surface area contributed by atoms with Gasteiger partial charge in [-0.15, -0.1) is 0 Å². The lowest BCUT2D eigenvalue weighted by atomic mass is 10.2. The minimum absolute atomic E-state index is 0.0175. The molecule has 2 aromatic heterocycles. The highest BCUT2D eigenvalue weighted by Gasteiger charge is 2.33. The van der Waals surface area contributed by atoms with Crippen molar-refractivity contribution in [2.75, 3.05) is 0 Å². The third kappa shape index (κ3) is 1.58. The first-order chi connectivity index (χ1) is 8.08. The smallest absolute Gasteiger partial charge is 0.354 e. The van der Waals surface area contributed by atoms with E-state index < -0.39 is 11.8 Å². The third-order valence-corrected chi connectivity index (χ3v) is 3.11. The minimum Gasteiger partial charge on any atom is -0.477 e. The second-order valence-corrected chi connectivity index (χ2v) is 4.53. The van der Waals surface area contributed by atoms with Crippen molar-refractivity contribution in [3.05, 3.63) is 34.5 Å². The van der Waals surface area contributed by atoms with Gasteiger partial charge in [0.1, 0.15) is 5.82 Å². The molecule has 0 saturated heterocycles. The van der Waals surface area contributed by atoms with Crippen molar-refractivity contribution < 1.29 is 14.3 Å². The molecule has 6 heteroatoms. The Morgan fingerprint density at radius 3 is 2.88 bits per heavy atom. The van der Waals surface area contributed by atoms with Crippen LogP contribution < -0.4 is 0 Å². The van der Waals surface area contributed by atoms with E-state index in [2.05, 4.69) is 4.98 Å². The number of pyridine rings is 1. The van der Waals surface area contributed by atoms with E-state index in [1.54, 1.807) is 0 Å². The van der Waals surface area contributed by atoms with E-state index in [1.165, 1.54) is 4.40 Å². The maximum Gasteiger partial charge on any atom is 0.354 e. The van der Waals surface area contributed by atoms with Gasteiger partial charge in [0.2, 0.25) is 0 Å². The maximum absolute atomic E-state index is 13.2. The van der Waals surface area contributed by atoms with Crippen LogP contribution in [0.15, 0.2) is 12.3 Å². The summed E-state index contributed by atoms with van der Waals surface area (Å²) in [6, 6.07) is 1.13. The summed E-state index contributed by atoms with van der Waals surface area (Å²) in [5, 5.41) is 9.31. The van der Waals surface area contributed by atoms with E-state index in [9.17, 15) is 14.3 Å². The van der Waals surface area contributed by atoms with Crippen LogP contribution in [-0.4, -0.2) is 20.5 Å². The van der Waals surface area contributed by atoms with Crippen LogP contribution in [0.4, 0.5) is 4.39 Å². The average Bonchev–Trinajstić information content (AvgIpc) is 2.99. The number of fused-ring (bicyclic) bond motifs is 1. The zero-order valence-corrected chi connectivity index (χ0v) is 9.41. The van der Waals surface area contributed by atoms with Crippen molar-refractivity contribution in [1.82, 2.24) is 9.38 Å². The molecular weight excluding hydrogens is 247 g/mol. The zero-order chi connectivity index (χ0) is 12.2. The second-order valence-electron chi connectivity index (χ2n) is 4.12. The van der Waals surface area contributed by atoms with Gasteiger partial charge in [-0.2, -0.15) is 0 Å². The number of halogens is 2. The van der Waals surface area contributed by atoms with Gasteiger partial charge in [-0.25, -0.2) is 14.2 Å². The summed E-state index contributed by atoms with van der Waals surface area (Å²) in [6.07, 6.45) is 2.94. The van der Waals surface area contributed by atoms with Crippen LogP contribution in [0.25, 0.3) is 5.65 Å². The average molecular weight is 255 g/mol. The molecule has 0 atom stereocenters. The molecule has 0 aromatic carbocycles. The van der Waals surface area contributed by atoms with Gasteiger partial charge in [0.05, 0.1) is 10.7 Å². The quantitative estimate of drug-likeness (QED) is 0.896. The number of carboxylic acid groups (broad SMARTS) is 1. The van der Waals surface area contributed by atoms with Crippen LogP contribution in [0.2, 0.25) is 5.02 Å². The van der Waals surface area contributed by atoms with E-state index in [0.29, 0.717) is 11.3 Å². The molecule has 1 fully saturated rings. The monoisotopic (exact) mass is 254 g/mol. The summed E-state index contributed by atoms with van der Waals surface area (Å²) >= 11 is 5.86. The lowest BCUT2D eigenvalue weighted by Gasteiger charge is -1.99. The molecule has 3 rings (SSSR count). The molecule has 0 radical (unpaired) electrons. The van der Waals surface area contributed by atoms with E-state index in [0.717, 1.165) is 25.1 Å². The highest BCUT2D eigenvalue weighted by molar-refractivity contribution is 6.33. The fourth-order valence-corrected chi connectivity index (χ4v) is 2.18. The van der Waals surface area contributed by atoms with Crippen molar-refractivity contribution in [2.45, 2.75) is 18.8 Å². The predicted molar refractivity (Wildman–Crippen MR) is 59.1 cm³/mol. The Labute approximate surface area is 101 Å². The largest absolute Gasteiger partial charge is 0.477 e. The Kier molecular flexibility index (Phi) is 2.13. The van der Waals surface area contributed by atoms with Crippen molar-refractivity contribution in [3.63, 3.8) is 0 Å². The number of aromatic carboxylic acids is 1. The normalized spacial score (nSPS) is 15.4. The SMILES string of the molecule is O=C(O)c1c(C2CC2)nc2c(Cl)cc(F)cn12. The molecule has 2 heterocycles. The molecule has 0 bridgehead atoms. The molecule has 1 aliphatic rings. The Bertz CT molecular complexity index is 634. The van der Waals surface area contributed by atoms with Crippen LogP contribution in [0, 0.1) is 5.82 Å². The van der Waals surface area contributed by atoms with Crippen LogP contribution in [0.5, 0.6) is 0 Å². The Morgan fingerprint density at radius 1 is 1.59 bits per heavy atom. The van der Waals surface area contributed by atoms with Crippen LogP contribution in [0.1, 0.15) is 34.9 Å². The summed E-state index contributed by atoms with van der Waals surface area (Å²) in [4.78, 5) is 15.4. The molecule has 2 aromatic rings. The van der Waals surface area contributed by atoms with Gasteiger partial charge in [0, 0.05) is 12.1 Å². The van der Waals surface area contributed by atoms with Gasteiger partial charge in [0.15, 0.2) is 11.3 Å². The van der Waals surface area contributed by atoms with Crippen molar-refractivity contribution in [3.8, 4) is 0 Å². The summed E-state index contributed by atoms with van der Waals surface area (Å²) in [6.45, 7) is 0. The van der Waals surface area contributed by atoms with Crippen molar-refractivity contribution in [2.24, 2.45) is 0 Å². The van der Waals surface area contributed by atoms with Gasteiger partial charge in [0.25, 0.3) is 0 Å². The number of hydrogen-bond donors (Lipinski definition) is 1. The van der Waals surface area contributed by atoms with Crippen molar-refractivity contribution in [1.29, 1.82) is 0 Å². The molecule has 17 heavy (non-hydrogen) atoms. The first-order valence-electron chi connectivity index (χ1n) is 5.18.